The van der Waals surface area contributed by atoms with E-state index in [2.05, 4.69) is 10.6 Å². The molecule has 3 aromatic carbocycles. The fourth-order valence-electron chi connectivity index (χ4n) is 5.37. The number of anilines is 2. The molecule has 0 aromatic heterocycles. The number of fused-ring (bicyclic) bond motifs is 2. The lowest BCUT2D eigenvalue weighted by Gasteiger charge is -2.27. The van der Waals surface area contributed by atoms with E-state index < -0.39 is 41.4 Å². The van der Waals surface area contributed by atoms with Gasteiger partial charge in [0.25, 0.3) is 5.91 Å². The van der Waals surface area contributed by atoms with Crippen molar-refractivity contribution in [3.05, 3.63) is 65.7 Å². The molecule has 250 valence electrons. The zero-order valence-electron chi connectivity index (χ0n) is 27.2. The molecule has 4 rings (SSSR count). The SMILES string of the molecule is COc1ccc2cc(C(=O)O)ccc2c1CN1C(=O)[C@@H](NC(=O)[C@H](C)NCC(=O)OC(C)(C)C)CN(C(=O)CCN)c2ccccc21. The van der Waals surface area contributed by atoms with Crippen LogP contribution >= 0.6 is 0 Å². The quantitative estimate of drug-likeness (QED) is 0.226. The summed E-state index contributed by atoms with van der Waals surface area (Å²) in [7, 11) is 1.50. The molecular formula is C34H41N5O8. The highest BCUT2D eigenvalue weighted by atomic mass is 16.6. The molecule has 1 aliphatic rings. The van der Waals surface area contributed by atoms with Gasteiger partial charge in [0.05, 0.1) is 49.7 Å². The number of ether oxygens (including phenoxy) is 2. The molecule has 5 N–H and O–H groups in total. The van der Waals surface area contributed by atoms with Gasteiger partial charge < -0.3 is 35.4 Å². The summed E-state index contributed by atoms with van der Waals surface area (Å²) in [4.78, 5) is 68.0. The standard InChI is InChI=1S/C34H41N5O8/c1-20(36-17-30(41)47-34(2,3)4)31(42)37-25-19-38(29(40)14-15-35)26-8-6-7-9-27(26)39(32(25)43)18-24-23-12-10-22(33(44)45)16-21(23)11-13-28(24)46-5/h6-13,16,20,25,36H,14-15,17-19,35H2,1-5H3,(H,37,42)(H,44,45)/t20-,25-/m0/s1. The minimum absolute atomic E-state index is 0.0140. The molecule has 3 aromatic rings. The molecule has 0 spiro atoms. The summed E-state index contributed by atoms with van der Waals surface area (Å²) in [6.07, 6.45) is 0.0140. The number of nitrogens with zero attached hydrogens (tertiary/aromatic N) is 2. The number of para-hydroxylation sites is 2. The Morgan fingerprint density at radius 2 is 1.77 bits per heavy atom. The number of hydrogen-bond acceptors (Lipinski definition) is 9. The fourth-order valence-corrected chi connectivity index (χ4v) is 5.37. The van der Waals surface area contributed by atoms with Crippen LogP contribution in [-0.2, 0) is 30.5 Å². The van der Waals surface area contributed by atoms with Gasteiger partial charge in [0.15, 0.2) is 0 Å². The summed E-state index contributed by atoms with van der Waals surface area (Å²) in [5.74, 6) is -2.53. The average Bonchev–Trinajstić information content (AvgIpc) is 3.13. The van der Waals surface area contributed by atoms with Gasteiger partial charge in [0, 0.05) is 18.5 Å². The third-order valence-corrected chi connectivity index (χ3v) is 7.61. The van der Waals surface area contributed by atoms with E-state index in [1.807, 2.05) is 0 Å². The summed E-state index contributed by atoms with van der Waals surface area (Å²) in [5, 5.41) is 16.4. The number of esters is 1. The number of carbonyl (C=O) groups excluding carboxylic acids is 4. The van der Waals surface area contributed by atoms with Crippen LogP contribution in [0.25, 0.3) is 10.8 Å². The van der Waals surface area contributed by atoms with Crippen molar-refractivity contribution in [1.82, 2.24) is 10.6 Å². The Labute approximate surface area is 273 Å². The maximum absolute atomic E-state index is 14.4. The van der Waals surface area contributed by atoms with E-state index in [0.29, 0.717) is 33.5 Å². The van der Waals surface area contributed by atoms with Gasteiger partial charge in [-0.3, -0.25) is 24.5 Å². The number of rotatable bonds is 11. The van der Waals surface area contributed by atoms with Crippen molar-refractivity contribution >= 4 is 51.8 Å². The largest absolute Gasteiger partial charge is 0.496 e. The topological polar surface area (TPSA) is 181 Å². The average molecular weight is 648 g/mol. The molecule has 13 heteroatoms. The molecule has 3 amide bonds. The van der Waals surface area contributed by atoms with Crippen LogP contribution < -0.4 is 30.9 Å². The summed E-state index contributed by atoms with van der Waals surface area (Å²) in [6.45, 7) is 6.43. The van der Waals surface area contributed by atoms with Crippen molar-refractivity contribution in [3.8, 4) is 5.75 Å². The first-order chi connectivity index (χ1) is 22.2. The lowest BCUT2D eigenvalue weighted by atomic mass is 10.00. The van der Waals surface area contributed by atoms with Gasteiger partial charge in [-0.25, -0.2) is 4.79 Å². The van der Waals surface area contributed by atoms with Crippen molar-refractivity contribution < 1.29 is 38.6 Å². The maximum Gasteiger partial charge on any atom is 0.335 e. The Balaban J connectivity index is 1.73. The second-order valence-electron chi connectivity index (χ2n) is 12.2. The number of methoxy groups -OCH3 is 1. The van der Waals surface area contributed by atoms with E-state index in [1.165, 1.54) is 23.0 Å². The van der Waals surface area contributed by atoms with Crippen LogP contribution in [0, 0.1) is 0 Å². The van der Waals surface area contributed by atoms with Gasteiger partial charge in [-0.15, -0.1) is 0 Å². The van der Waals surface area contributed by atoms with Crippen LogP contribution in [0.3, 0.4) is 0 Å². The molecule has 1 heterocycles. The van der Waals surface area contributed by atoms with Crippen molar-refractivity contribution in [3.63, 3.8) is 0 Å². The number of nitrogens with one attached hydrogen (secondary N) is 2. The third-order valence-electron chi connectivity index (χ3n) is 7.61. The summed E-state index contributed by atoms with van der Waals surface area (Å²) in [5.41, 5.74) is 6.63. The molecule has 47 heavy (non-hydrogen) atoms. The second-order valence-corrected chi connectivity index (χ2v) is 12.2. The summed E-state index contributed by atoms with van der Waals surface area (Å²) in [6, 6.07) is 13.0. The molecule has 1 aliphatic heterocycles. The number of carboxylic acid groups (broad SMARTS) is 1. The predicted molar refractivity (Wildman–Crippen MR) is 176 cm³/mol. The smallest absolute Gasteiger partial charge is 0.335 e. The highest BCUT2D eigenvalue weighted by Gasteiger charge is 2.38. The first-order valence-corrected chi connectivity index (χ1v) is 15.2. The van der Waals surface area contributed by atoms with Gasteiger partial charge in [0.2, 0.25) is 11.8 Å². The van der Waals surface area contributed by atoms with Crippen molar-refractivity contribution in [2.45, 2.75) is 58.3 Å². The Bertz CT molecular complexity index is 1680. The van der Waals surface area contributed by atoms with Crippen molar-refractivity contribution in [1.29, 1.82) is 0 Å². The zero-order valence-corrected chi connectivity index (χ0v) is 27.2. The maximum atomic E-state index is 14.4. The number of benzene rings is 3. The zero-order chi connectivity index (χ0) is 34.5. The van der Waals surface area contributed by atoms with E-state index in [0.717, 1.165) is 0 Å². The van der Waals surface area contributed by atoms with Gasteiger partial charge in [-0.05, 0) is 68.8 Å². The predicted octanol–water partition coefficient (Wildman–Crippen LogP) is 2.58. The highest BCUT2D eigenvalue weighted by Crippen LogP contribution is 2.37. The molecular weight excluding hydrogens is 606 g/mol. The van der Waals surface area contributed by atoms with Gasteiger partial charge in [-0.1, -0.05) is 24.3 Å². The molecule has 0 saturated heterocycles. The Hall–Kier alpha value is -5.01. The molecule has 0 saturated carbocycles. The Morgan fingerprint density at radius 3 is 2.40 bits per heavy atom. The van der Waals surface area contributed by atoms with Crippen LogP contribution in [0.2, 0.25) is 0 Å². The molecule has 0 radical (unpaired) electrons. The van der Waals surface area contributed by atoms with E-state index in [4.69, 9.17) is 15.2 Å². The molecule has 2 atom stereocenters. The number of hydrogen-bond donors (Lipinski definition) is 4. The first kappa shape index (κ1) is 34.9. The first-order valence-electron chi connectivity index (χ1n) is 15.2. The second kappa shape index (κ2) is 14.6. The van der Waals surface area contributed by atoms with Crippen molar-refractivity contribution in [2.24, 2.45) is 5.73 Å². The van der Waals surface area contributed by atoms with Crippen molar-refractivity contribution in [2.75, 3.05) is 36.5 Å². The van der Waals surface area contributed by atoms with E-state index in [-0.39, 0.29) is 44.1 Å². The summed E-state index contributed by atoms with van der Waals surface area (Å²) < 4.78 is 11.0. The van der Waals surface area contributed by atoms with Crippen LogP contribution in [0.4, 0.5) is 11.4 Å². The van der Waals surface area contributed by atoms with Crippen LogP contribution in [0.5, 0.6) is 5.75 Å². The van der Waals surface area contributed by atoms with E-state index in [1.54, 1.807) is 76.2 Å². The number of carbonyl (C=O) groups is 5. The number of aromatic carboxylic acids is 1. The fraction of sp³-hybridized carbons (Fsp3) is 0.382. The molecule has 0 unspecified atom stereocenters. The Morgan fingerprint density at radius 1 is 1.06 bits per heavy atom. The normalized spacial score (nSPS) is 15.4. The number of carboxylic acids is 1. The monoisotopic (exact) mass is 647 g/mol. The lowest BCUT2D eigenvalue weighted by molar-refractivity contribution is -0.153. The minimum atomic E-state index is -1.18. The molecule has 0 fully saturated rings. The van der Waals surface area contributed by atoms with Crippen LogP contribution in [0.15, 0.2) is 54.6 Å². The molecule has 0 bridgehead atoms. The molecule has 0 aliphatic carbocycles. The third kappa shape index (κ3) is 8.23. The van der Waals surface area contributed by atoms with E-state index >= 15 is 0 Å². The van der Waals surface area contributed by atoms with Gasteiger partial charge in [-0.2, -0.15) is 0 Å². The van der Waals surface area contributed by atoms with Crippen LogP contribution in [-0.4, -0.2) is 79.2 Å². The number of nitrogens with two attached hydrogens (primary N) is 1. The van der Waals surface area contributed by atoms with Crippen LogP contribution in [0.1, 0.15) is 50.0 Å². The molecule has 13 nitrogen and oxygen atoms in total. The highest BCUT2D eigenvalue weighted by molar-refractivity contribution is 6.08. The Kier molecular flexibility index (Phi) is 10.8. The number of amides is 3. The van der Waals surface area contributed by atoms with Gasteiger partial charge >= 0.3 is 11.9 Å². The van der Waals surface area contributed by atoms with E-state index in [9.17, 15) is 29.1 Å². The van der Waals surface area contributed by atoms with Gasteiger partial charge in [0.1, 0.15) is 17.4 Å². The minimum Gasteiger partial charge on any atom is -0.496 e. The summed E-state index contributed by atoms with van der Waals surface area (Å²) >= 11 is 0. The lowest BCUT2D eigenvalue weighted by Crippen LogP contribution is -2.56.